The first-order chi connectivity index (χ1) is 15.4. The van der Waals surface area contributed by atoms with Gasteiger partial charge in [0, 0.05) is 21.0 Å². The number of nitrogens with zero attached hydrogens (tertiary/aromatic N) is 1. The molecule has 0 amide bonds. The van der Waals surface area contributed by atoms with Crippen LogP contribution in [-0.4, -0.2) is 36.8 Å². The van der Waals surface area contributed by atoms with E-state index in [4.69, 9.17) is 16.9 Å². The molecule has 8 heteroatoms. The maximum absolute atomic E-state index is 6.18. The van der Waals surface area contributed by atoms with Crippen molar-refractivity contribution < 1.29 is 0 Å². The van der Waals surface area contributed by atoms with E-state index >= 15 is 0 Å². The van der Waals surface area contributed by atoms with E-state index in [1.165, 1.54) is 37.6 Å². The van der Waals surface area contributed by atoms with Gasteiger partial charge in [-0.25, -0.2) is 0 Å². The lowest BCUT2D eigenvalue weighted by atomic mass is 9.78. The van der Waals surface area contributed by atoms with E-state index in [1.54, 1.807) is 0 Å². The standard InChI is InChI=1S/C12H13BrN2.C11H15BrN2.CH4N2/c13-11-3-1-2-9-6-12(5-4-10(9)11)7-14-8-15-12;12-10-3-1-2-8-6-11(14,7-13)5-4-9(8)10;2-1-3/h1-3,8H,4-7H2,(H,14,15);1-3H,4-7,13-14H2;1H,(H3,2,3). The van der Waals surface area contributed by atoms with Gasteiger partial charge in [-0.2, -0.15) is 0 Å². The summed E-state index contributed by atoms with van der Waals surface area (Å²) in [6, 6.07) is 12.8. The minimum atomic E-state index is -0.187. The van der Waals surface area contributed by atoms with Gasteiger partial charge in [-0.05, 0) is 72.9 Å². The Labute approximate surface area is 207 Å². The molecule has 1 heterocycles. The number of nitrogens with two attached hydrogens (primary N) is 3. The third-order valence-corrected chi connectivity index (χ3v) is 7.98. The molecule has 6 nitrogen and oxygen atoms in total. The Morgan fingerprint density at radius 3 is 2.09 bits per heavy atom. The minimum Gasteiger partial charge on any atom is -0.390 e. The van der Waals surface area contributed by atoms with E-state index in [-0.39, 0.29) is 11.1 Å². The summed E-state index contributed by atoms with van der Waals surface area (Å²) in [6.07, 6.45) is 8.96. The Kier molecular flexibility index (Phi) is 8.49. The van der Waals surface area contributed by atoms with Crippen LogP contribution in [0.1, 0.15) is 35.1 Å². The summed E-state index contributed by atoms with van der Waals surface area (Å²) in [4.78, 5) is 4.31. The van der Waals surface area contributed by atoms with Crippen molar-refractivity contribution in [2.24, 2.45) is 22.2 Å². The first kappa shape index (κ1) is 24.9. The van der Waals surface area contributed by atoms with Crippen molar-refractivity contribution in [3.63, 3.8) is 0 Å². The molecular weight excluding hydrogens is 532 g/mol. The molecule has 172 valence electrons. The average Bonchev–Trinajstić information content (AvgIpc) is 3.22. The molecule has 2 aromatic rings. The van der Waals surface area contributed by atoms with E-state index in [2.05, 4.69) is 84.3 Å². The topological polar surface area (TPSA) is 126 Å². The molecule has 3 aliphatic rings. The fourth-order valence-electron chi connectivity index (χ4n) is 4.64. The van der Waals surface area contributed by atoms with Crippen LogP contribution in [0.4, 0.5) is 0 Å². The maximum atomic E-state index is 6.18. The summed E-state index contributed by atoms with van der Waals surface area (Å²) in [5.41, 5.74) is 22.0. The van der Waals surface area contributed by atoms with Crippen molar-refractivity contribution in [1.82, 2.24) is 5.32 Å². The molecule has 1 spiro atoms. The number of hydrogen-bond donors (Lipinski definition) is 5. The lowest BCUT2D eigenvalue weighted by Crippen LogP contribution is -2.51. The highest BCUT2D eigenvalue weighted by Gasteiger charge is 2.36. The number of rotatable bonds is 1. The Bertz CT molecular complexity index is 969. The van der Waals surface area contributed by atoms with Gasteiger partial charge in [0.25, 0.3) is 0 Å². The molecule has 0 saturated carbocycles. The first-order valence-electron chi connectivity index (χ1n) is 10.8. The van der Waals surface area contributed by atoms with Crippen LogP contribution in [0.2, 0.25) is 0 Å². The highest BCUT2D eigenvalue weighted by Crippen LogP contribution is 2.34. The third kappa shape index (κ3) is 5.78. The van der Waals surface area contributed by atoms with E-state index in [9.17, 15) is 0 Å². The molecule has 32 heavy (non-hydrogen) atoms. The van der Waals surface area contributed by atoms with Gasteiger partial charge in [0.2, 0.25) is 0 Å². The average molecular weight is 564 g/mol. The summed E-state index contributed by atoms with van der Waals surface area (Å²) in [6.45, 7) is 1.50. The van der Waals surface area contributed by atoms with Crippen molar-refractivity contribution in [1.29, 1.82) is 5.41 Å². The molecule has 2 atom stereocenters. The second kappa shape index (κ2) is 10.9. The fraction of sp³-hybridized carbons (Fsp3) is 0.417. The van der Waals surface area contributed by atoms with Crippen molar-refractivity contribution in [3.05, 3.63) is 67.6 Å². The predicted octanol–water partition coefficient (Wildman–Crippen LogP) is 3.45. The molecule has 0 radical (unpaired) electrons. The normalized spacial score (nSPS) is 24.8. The van der Waals surface area contributed by atoms with Gasteiger partial charge in [-0.15, -0.1) is 0 Å². The SMILES string of the molecule is Brc1cccc2c1CCC1(CN=CN1)C2.N=CN.NCC1(N)CCc2c(Br)cccc2C1. The molecule has 2 unspecified atom stereocenters. The molecule has 5 rings (SSSR count). The van der Waals surface area contributed by atoms with Gasteiger partial charge in [0.1, 0.15) is 0 Å². The summed E-state index contributed by atoms with van der Waals surface area (Å²) < 4.78 is 2.46. The van der Waals surface area contributed by atoms with Gasteiger partial charge < -0.3 is 22.5 Å². The van der Waals surface area contributed by atoms with Crippen LogP contribution < -0.4 is 22.5 Å². The van der Waals surface area contributed by atoms with Gasteiger partial charge in [0.15, 0.2) is 0 Å². The molecule has 8 N–H and O–H groups in total. The Hall–Kier alpha value is -1.74. The zero-order valence-electron chi connectivity index (χ0n) is 18.2. The summed E-state index contributed by atoms with van der Waals surface area (Å²) >= 11 is 7.20. The molecule has 1 aliphatic heterocycles. The second-order valence-corrected chi connectivity index (χ2v) is 10.4. The molecule has 0 bridgehead atoms. The van der Waals surface area contributed by atoms with Crippen molar-refractivity contribution in [3.8, 4) is 0 Å². The zero-order chi connectivity index (χ0) is 23.2. The van der Waals surface area contributed by atoms with Crippen LogP contribution in [0.5, 0.6) is 0 Å². The van der Waals surface area contributed by atoms with Gasteiger partial charge in [0.05, 0.1) is 24.8 Å². The summed E-state index contributed by atoms with van der Waals surface area (Å²) in [5.74, 6) is 0. The van der Waals surface area contributed by atoms with Gasteiger partial charge in [-0.1, -0.05) is 56.1 Å². The highest BCUT2D eigenvalue weighted by atomic mass is 79.9. The van der Waals surface area contributed by atoms with Gasteiger partial charge >= 0.3 is 0 Å². The fourth-order valence-corrected chi connectivity index (χ4v) is 5.85. The lowest BCUT2D eigenvalue weighted by Gasteiger charge is -2.34. The number of hydrogen-bond acceptors (Lipinski definition) is 5. The van der Waals surface area contributed by atoms with E-state index in [1.807, 2.05) is 6.34 Å². The summed E-state index contributed by atoms with van der Waals surface area (Å²) in [7, 11) is 0. The van der Waals surface area contributed by atoms with Crippen LogP contribution in [0.25, 0.3) is 0 Å². The number of benzene rings is 2. The predicted molar refractivity (Wildman–Crippen MR) is 141 cm³/mol. The van der Waals surface area contributed by atoms with Gasteiger partial charge in [-0.3, -0.25) is 10.4 Å². The number of aliphatic imine (C=N–C) groups is 1. The van der Waals surface area contributed by atoms with Crippen molar-refractivity contribution >= 4 is 44.5 Å². The molecular formula is C24H32Br2N6. The highest BCUT2D eigenvalue weighted by molar-refractivity contribution is 9.10. The molecule has 0 fully saturated rings. The summed E-state index contributed by atoms with van der Waals surface area (Å²) in [5, 5.41) is 9.29. The van der Waals surface area contributed by atoms with E-state index in [0.717, 1.165) is 45.0 Å². The number of halogens is 2. The van der Waals surface area contributed by atoms with E-state index in [0.29, 0.717) is 6.54 Å². The largest absolute Gasteiger partial charge is 0.390 e. The van der Waals surface area contributed by atoms with E-state index < -0.39 is 0 Å². The molecule has 0 aromatic heterocycles. The minimum absolute atomic E-state index is 0.187. The van der Waals surface area contributed by atoms with Crippen LogP contribution in [0, 0.1) is 5.41 Å². The Morgan fingerprint density at radius 2 is 1.56 bits per heavy atom. The van der Waals surface area contributed by atoms with Crippen molar-refractivity contribution in [2.75, 3.05) is 13.1 Å². The second-order valence-electron chi connectivity index (χ2n) is 8.74. The lowest BCUT2D eigenvalue weighted by molar-refractivity contribution is 0.363. The third-order valence-electron chi connectivity index (χ3n) is 6.49. The van der Waals surface area contributed by atoms with Crippen LogP contribution in [-0.2, 0) is 25.7 Å². The quantitative estimate of drug-likeness (QED) is 0.269. The van der Waals surface area contributed by atoms with Crippen LogP contribution in [0.3, 0.4) is 0 Å². The Morgan fingerprint density at radius 1 is 1.00 bits per heavy atom. The van der Waals surface area contributed by atoms with Crippen LogP contribution >= 0.6 is 31.9 Å². The molecule has 0 saturated heterocycles. The molecule has 2 aromatic carbocycles. The number of fused-ring (bicyclic) bond motifs is 2. The molecule has 2 aliphatic carbocycles. The first-order valence-corrected chi connectivity index (χ1v) is 12.4. The monoisotopic (exact) mass is 562 g/mol. The van der Waals surface area contributed by atoms with Crippen LogP contribution in [0.15, 0.2) is 50.3 Å². The smallest absolute Gasteiger partial charge is 0.0829 e. The Balaban J connectivity index is 0.000000162. The number of nitrogens with one attached hydrogen (secondary N) is 2. The maximum Gasteiger partial charge on any atom is 0.0829 e. The zero-order valence-corrected chi connectivity index (χ0v) is 21.4. The van der Waals surface area contributed by atoms with Crippen molar-refractivity contribution in [2.45, 2.75) is 49.6 Å².